The molecule has 0 bridgehead atoms. The molecular formula is C13H22N2O. The predicted octanol–water partition coefficient (Wildman–Crippen LogP) is 2.62. The summed E-state index contributed by atoms with van der Waals surface area (Å²) >= 11 is 0. The Balaban J connectivity index is 2.16. The van der Waals surface area contributed by atoms with E-state index in [9.17, 15) is 0 Å². The Bertz CT molecular complexity index is 282. The molecule has 0 spiro atoms. The standard InChI is InChI=1S/C13H22N2O/c1-11(2)5-4-8-14-9-12-6-7-13(16-3)15-10-12/h6-7,10-11,14H,4-5,8-9H2,1-3H3. The minimum Gasteiger partial charge on any atom is -0.481 e. The summed E-state index contributed by atoms with van der Waals surface area (Å²) in [5.74, 6) is 1.47. The van der Waals surface area contributed by atoms with E-state index in [2.05, 4.69) is 24.1 Å². The van der Waals surface area contributed by atoms with E-state index in [0.29, 0.717) is 5.88 Å². The van der Waals surface area contributed by atoms with Crippen LogP contribution >= 0.6 is 0 Å². The molecule has 0 fully saturated rings. The van der Waals surface area contributed by atoms with Crippen LogP contribution in [0.15, 0.2) is 18.3 Å². The molecule has 0 aliphatic carbocycles. The minimum atomic E-state index is 0.670. The number of methoxy groups -OCH3 is 1. The third-order valence-corrected chi connectivity index (χ3v) is 2.47. The van der Waals surface area contributed by atoms with Crippen LogP contribution < -0.4 is 10.1 Å². The smallest absolute Gasteiger partial charge is 0.212 e. The molecule has 1 aromatic heterocycles. The van der Waals surface area contributed by atoms with Crippen molar-refractivity contribution in [3.8, 4) is 5.88 Å². The van der Waals surface area contributed by atoms with Crippen LogP contribution in [-0.4, -0.2) is 18.6 Å². The van der Waals surface area contributed by atoms with Gasteiger partial charge in [-0.2, -0.15) is 0 Å². The third kappa shape index (κ3) is 5.12. The quantitative estimate of drug-likeness (QED) is 0.720. The van der Waals surface area contributed by atoms with E-state index in [0.717, 1.165) is 19.0 Å². The van der Waals surface area contributed by atoms with Crippen LogP contribution in [0.25, 0.3) is 0 Å². The first-order valence-corrected chi connectivity index (χ1v) is 5.92. The van der Waals surface area contributed by atoms with Gasteiger partial charge in [0.05, 0.1) is 7.11 Å². The summed E-state index contributed by atoms with van der Waals surface area (Å²) in [5.41, 5.74) is 1.20. The third-order valence-electron chi connectivity index (χ3n) is 2.47. The summed E-state index contributed by atoms with van der Waals surface area (Å²) in [4.78, 5) is 4.16. The number of aromatic nitrogens is 1. The van der Waals surface area contributed by atoms with Crippen LogP contribution in [0.4, 0.5) is 0 Å². The first-order chi connectivity index (χ1) is 7.72. The van der Waals surface area contributed by atoms with Gasteiger partial charge in [0.2, 0.25) is 5.88 Å². The molecule has 0 saturated carbocycles. The van der Waals surface area contributed by atoms with E-state index < -0.39 is 0 Å². The summed E-state index contributed by atoms with van der Waals surface area (Å²) in [6, 6.07) is 3.94. The highest BCUT2D eigenvalue weighted by atomic mass is 16.5. The van der Waals surface area contributed by atoms with Gasteiger partial charge < -0.3 is 10.1 Å². The van der Waals surface area contributed by atoms with Gasteiger partial charge in [0.1, 0.15) is 0 Å². The van der Waals surface area contributed by atoms with Crippen LogP contribution in [0.2, 0.25) is 0 Å². The Morgan fingerprint density at radius 1 is 1.38 bits per heavy atom. The summed E-state index contributed by atoms with van der Waals surface area (Å²) in [6.45, 7) is 6.47. The maximum absolute atomic E-state index is 5.01. The fourth-order valence-electron chi connectivity index (χ4n) is 1.50. The molecule has 3 nitrogen and oxygen atoms in total. The molecule has 90 valence electrons. The first-order valence-electron chi connectivity index (χ1n) is 5.92. The maximum atomic E-state index is 5.01. The van der Waals surface area contributed by atoms with Crippen molar-refractivity contribution in [1.29, 1.82) is 0 Å². The van der Waals surface area contributed by atoms with Crippen molar-refractivity contribution < 1.29 is 4.74 Å². The zero-order chi connectivity index (χ0) is 11.8. The zero-order valence-electron chi connectivity index (χ0n) is 10.5. The van der Waals surface area contributed by atoms with Gasteiger partial charge in [-0.25, -0.2) is 4.98 Å². The fourth-order valence-corrected chi connectivity index (χ4v) is 1.50. The zero-order valence-corrected chi connectivity index (χ0v) is 10.5. The monoisotopic (exact) mass is 222 g/mol. The Kier molecular flexibility index (Phi) is 5.86. The van der Waals surface area contributed by atoms with Gasteiger partial charge in [-0.1, -0.05) is 19.9 Å². The normalized spacial score (nSPS) is 10.8. The van der Waals surface area contributed by atoms with Crippen molar-refractivity contribution in [1.82, 2.24) is 10.3 Å². The van der Waals surface area contributed by atoms with Crippen LogP contribution in [0.1, 0.15) is 32.3 Å². The largest absolute Gasteiger partial charge is 0.481 e. The lowest BCUT2D eigenvalue weighted by Gasteiger charge is -2.06. The van der Waals surface area contributed by atoms with Crippen molar-refractivity contribution in [2.75, 3.05) is 13.7 Å². The lowest BCUT2D eigenvalue weighted by Crippen LogP contribution is -2.15. The number of pyridine rings is 1. The Labute approximate surface area is 98.2 Å². The molecule has 0 unspecified atom stereocenters. The molecule has 0 aliphatic heterocycles. The number of hydrogen-bond acceptors (Lipinski definition) is 3. The molecule has 3 heteroatoms. The molecule has 1 N–H and O–H groups in total. The highest BCUT2D eigenvalue weighted by Gasteiger charge is 1.96. The lowest BCUT2D eigenvalue weighted by molar-refractivity contribution is 0.397. The van der Waals surface area contributed by atoms with Crippen LogP contribution in [0.3, 0.4) is 0 Å². The lowest BCUT2D eigenvalue weighted by atomic mass is 10.1. The summed E-state index contributed by atoms with van der Waals surface area (Å²) in [6.07, 6.45) is 4.38. The summed E-state index contributed by atoms with van der Waals surface area (Å²) in [7, 11) is 1.63. The second kappa shape index (κ2) is 7.23. The second-order valence-electron chi connectivity index (χ2n) is 4.42. The molecule has 0 aromatic carbocycles. The first kappa shape index (κ1) is 13.0. The molecule has 0 radical (unpaired) electrons. The van der Waals surface area contributed by atoms with E-state index in [1.54, 1.807) is 7.11 Å². The molecular weight excluding hydrogens is 200 g/mol. The maximum Gasteiger partial charge on any atom is 0.212 e. The van der Waals surface area contributed by atoms with Crippen LogP contribution in [-0.2, 0) is 6.54 Å². The van der Waals surface area contributed by atoms with E-state index in [4.69, 9.17) is 4.74 Å². The molecule has 0 amide bonds. The highest BCUT2D eigenvalue weighted by molar-refractivity contribution is 5.17. The summed E-state index contributed by atoms with van der Waals surface area (Å²) < 4.78 is 5.01. The Hall–Kier alpha value is -1.09. The van der Waals surface area contributed by atoms with E-state index in [1.807, 2.05) is 18.3 Å². The molecule has 0 atom stereocenters. The van der Waals surface area contributed by atoms with E-state index in [-0.39, 0.29) is 0 Å². The number of ether oxygens (including phenoxy) is 1. The average molecular weight is 222 g/mol. The van der Waals surface area contributed by atoms with Gasteiger partial charge in [-0.05, 0) is 30.9 Å². The number of rotatable bonds is 7. The number of hydrogen-bond donors (Lipinski definition) is 1. The molecule has 0 aliphatic rings. The second-order valence-corrected chi connectivity index (χ2v) is 4.42. The van der Waals surface area contributed by atoms with Gasteiger partial charge in [0.15, 0.2) is 0 Å². The predicted molar refractivity (Wildman–Crippen MR) is 66.6 cm³/mol. The summed E-state index contributed by atoms with van der Waals surface area (Å²) in [5, 5.41) is 3.41. The van der Waals surface area contributed by atoms with Crippen molar-refractivity contribution >= 4 is 0 Å². The van der Waals surface area contributed by atoms with Gasteiger partial charge in [0, 0.05) is 18.8 Å². The Morgan fingerprint density at radius 3 is 2.75 bits per heavy atom. The van der Waals surface area contributed by atoms with Gasteiger partial charge in [-0.15, -0.1) is 0 Å². The van der Waals surface area contributed by atoms with Gasteiger partial charge >= 0.3 is 0 Å². The Morgan fingerprint density at radius 2 is 2.19 bits per heavy atom. The van der Waals surface area contributed by atoms with Gasteiger partial charge in [-0.3, -0.25) is 0 Å². The average Bonchev–Trinajstić information content (AvgIpc) is 2.29. The molecule has 0 saturated heterocycles. The molecule has 1 rings (SSSR count). The van der Waals surface area contributed by atoms with Crippen LogP contribution in [0, 0.1) is 5.92 Å². The van der Waals surface area contributed by atoms with E-state index >= 15 is 0 Å². The van der Waals surface area contributed by atoms with E-state index in [1.165, 1.54) is 18.4 Å². The highest BCUT2D eigenvalue weighted by Crippen LogP contribution is 2.06. The fraction of sp³-hybridized carbons (Fsp3) is 0.615. The van der Waals surface area contributed by atoms with Crippen LogP contribution in [0.5, 0.6) is 5.88 Å². The minimum absolute atomic E-state index is 0.670. The van der Waals surface area contributed by atoms with Crippen molar-refractivity contribution in [3.05, 3.63) is 23.9 Å². The molecule has 1 aromatic rings. The van der Waals surface area contributed by atoms with Gasteiger partial charge in [0.25, 0.3) is 0 Å². The van der Waals surface area contributed by atoms with Crippen molar-refractivity contribution in [3.63, 3.8) is 0 Å². The SMILES string of the molecule is COc1ccc(CNCCCC(C)C)cn1. The molecule has 1 heterocycles. The van der Waals surface area contributed by atoms with Crippen molar-refractivity contribution in [2.45, 2.75) is 33.2 Å². The van der Waals surface area contributed by atoms with Crippen molar-refractivity contribution in [2.24, 2.45) is 5.92 Å². The topological polar surface area (TPSA) is 34.1 Å². The molecule has 16 heavy (non-hydrogen) atoms. The number of nitrogens with one attached hydrogen (secondary N) is 1. The number of nitrogens with zero attached hydrogens (tertiary/aromatic N) is 1.